The molecule has 0 unspecified atom stereocenters. The number of allylic oxidation sites excluding steroid dienone is 1. The quantitative estimate of drug-likeness (QED) is 0.154. The molecule has 0 atom stereocenters. The van der Waals surface area contributed by atoms with Crippen molar-refractivity contribution < 1.29 is 45.3 Å². The zero-order valence-electron chi connectivity index (χ0n) is 22.1. The van der Waals surface area contributed by atoms with Crippen LogP contribution in [0, 0.1) is 11.6 Å². The number of fused-ring (bicyclic) bond motifs is 1. The van der Waals surface area contributed by atoms with Crippen molar-refractivity contribution in [3.8, 4) is 11.5 Å². The normalized spacial score (nSPS) is 14.7. The number of rotatable bonds is 11. The Balaban J connectivity index is 1.60. The second-order valence-electron chi connectivity index (χ2n) is 9.81. The van der Waals surface area contributed by atoms with Crippen LogP contribution in [0.1, 0.15) is 5.56 Å². The summed E-state index contributed by atoms with van der Waals surface area (Å²) in [7, 11) is -0.574. The van der Waals surface area contributed by atoms with Gasteiger partial charge in [-0.2, -0.15) is 13.2 Å². The van der Waals surface area contributed by atoms with Gasteiger partial charge >= 0.3 is 12.2 Å². The van der Waals surface area contributed by atoms with E-state index in [0.29, 0.717) is 6.61 Å². The van der Waals surface area contributed by atoms with Crippen molar-refractivity contribution in [1.82, 2.24) is 14.9 Å². The molecule has 3 aromatic rings. The minimum Gasteiger partial charge on any atom is -0.450 e. The van der Waals surface area contributed by atoms with Crippen LogP contribution in [0.5, 0.6) is 11.5 Å². The number of hydrogen-bond acceptors (Lipinski definition) is 5. The molecule has 1 saturated heterocycles. The molecule has 0 bridgehead atoms. The van der Waals surface area contributed by atoms with Crippen LogP contribution in [0.3, 0.4) is 0 Å². The highest BCUT2D eigenvalue weighted by Gasteiger charge is 2.39. The summed E-state index contributed by atoms with van der Waals surface area (Å²) in [6.45, 7) is 6.90. The number of amides is 2. The summed E-state index contributed by atoms with van der Waals surface area (Å²) in [4.78, 5) is 16.2. The topological polar surface area (TPSA) is 86.6 Å². The fourth-order valence-corrected chi connectivity index (χ4v) is 4.42. The van der Waals surface area contributed by atoms with Crippen LogP contribution in [0.15, 0.2) is 37.2 Å². The number of carbonyl (C=O) groups excluding carboxylic acids is 1. The minimum absolute atomic E-state index is 0.0275. The first-order valence-electron chi connectivity index (χ1n) is 12.4. The van der Waals surface area contributed by atoms with Crippen LogP contribution in [-0.4, -0.2) is 62.6 Å². The molecule has 8 nitrogen and oxygen atoms in total. The molecule has 1 radical (unpaired) electrons. The number of ether oxygens (including phenoxy) is 3. The number of aromatic nitrogens is 2. The second-order valence-corrected chi connectivity index (χ2v) is 12.7. The Morgan fingerprint density at radius 2 is 1.93 bits per heavy atom. The molecule has 0 saturated carbocycles. The lowest BCUT2D eigenvalue weighted by atomic mass is 10.1. The van der Waals surface area contributed by atoms with Crippen molar-refractivity contribution in [2.45, 2.75) is 37.7 Å². The van der Waals surface area contributed by atoms with Gasteiger partial charge in [0, 0.05) is 51.2 Å². The molecule has 221 valence electrons. The van der Waals surface area contributed by atoms with Crippen LogP contribution in [0.25, 0.3) is 16.6 Å². The van der Waals surface area contributed by atoms with Crippen LogP contribution >= 0.6 is 0 Å². The van der Waals surface area contributed by atoms with Gasteiger partial charge in [-0.15, -0.1) is 0 Å². The average molecular weight is 602 g/mol. The SMILES string of the molecule is C=C(c1cn(COCC[Si](C)C)c2nccc(Oc3c(F)cc(NC(=O)NCC4(F)COC4)cc3F)c12)C(F)(F)F. The van der Waals surface area contributed by atoms with Crippen LogP contribution in [0.4, 0.5) is 36.8 Å². The molecule has 2 amide bonds. The number of pyridine rings is 1. The maximum Gasteiger partial charge on any atom is 0.416 e. The number of hydrogen-bond donors (Lipinski definition) is 2. The van der Waals surface area contributed by atoms with Gasteiger partial charge in [0.2, 0.25) is 0 Å². The fraction of sp³-hybridized carbons (Fsp3) is 0.385. The Hall–Kier alpha value is -3.56. The maximum atomic E-state index is 15.0. The molecule has 0 spiro atoms. The number of halogens is 6. The van der Waals surface area contributed by atoms with Crippen molar-refractivity contribution in [3.63, 3.8) is 0 Å². The molecule has 3 heterocycles. The number of carbonyl (C=O) groups is 1. The lowest BCUT2D eigenvalue weighted by molar-refractivity contribution is -0.125. The number of alkyl halides is 4. The maximum absolute atomic E-state index is 15.0. The van der Waals surface area contributed by atoms with E-state index in [1.165, 1.54) is 16.8 Å². The summed E-state index contributed by atoms with van der Waals surface area (Å²) < 4.78 is 102. The summed E-state index contributed by atoms with van der Waals surface area (Å²) in [5.74, 6) is -3.74. The predicted octanol–water partition coefficient (Wildman–Crippen LogP) is 6.27. The van der Waals surface area contributed by atoms with Crippen LogP contribution in [-0.2, 0) is 16.2 Å². The second kappa shape index (κ2) is 12.1. The summed E-state index contributed by atoms with van der Waals surface area (Å²) >= 11 is 0. The molecule has 41 heavy (non-hydrogen) atoms. The van der Waals surface area contributed by atoms with Gasteiger partial charge in [0.25, 0.3) is 0 Å². The highest BCUT2D eigenvalue weighted by molar-refractivity contribution is 6.55. The standard InChI is InChI=1S/C26H27F6N4O4Si/c1-15(26(30,31)32)17-10-36(14-38-6-7-41(2)3)23-21(17)20(4-5-33-23)40-22-18(27)8-16(9-19(22)28)35-24(37)34-11-25(29)12-39-13-25/h4-5,8-10H,1,6-7,11-14H2,2-3H3,(H2,34,35,37). The zero-order valence-corrected chi connectivity index (χ0v) is 23.1. The highest BCUT2D eigenvalue weighted by Crippen LogP contribution is 2.42. The Kier molecular flexibility index (Phi) is 8.99. The molecule has 2 N–H and O–H groups in total. The Labute approximate surface area is 232 Å². The van der Waals surface area contributed by atoms with E-state index in [2.05, 4.69) is 35.3 Å². The molecule has 0 aliphatic carbocycles. The third-order valence-electron chi connectivity index (χ3n) is 6.12. The number of urea groups is 1. The Morgan fingerprint density at radius 1 is 1.24 bits per heavy atom. The highest BCUT2D eigenvalue weighted by atomic mass is 28.3. The van der Waals surface area contributed by atoms with Crippen molar-refractivity contribution in [2.75, 3.05) is 31.7 Å². The monoisotopic (exact) mass is 601 g/mol. The average Bonchev–Trinajstić information content (AvgIpc) is 3.24. The lowest BCUT2D eigenvalue weighted by Gasteiger charge is -2.33. The zero-order chi connectivity index (χ0) is 29.9. The van der Waals surface area contributed by atoms with Gasteiger partial charge in [-0.25, -0.2) is 22.9 Å². The van der Waals surface area contributed by atoms with Gasteiger partial charge < -0.3 is 29.4 Å². The van der Waals surface area contributed by atoms with E-state index in [1.54, 1.807) is 0 Å². The first-order valence-corrected chi connectivity index (χ1v) is 15.1. The summed E-state index contributed by atoms with van der Waals surface area (Å²) in [6, 6.07) is 2.58. The van der Waals surface area contributed by atoms with Gasteiger partial charge in [-0.1, -0.05) is 19.7 Å². The van der Waals surface area contributed by atoms with E-state index in [0.717, 1.165) is 24.4 Å². The van der Waals surface area contributed by atoms with Gasteiger partial charge in [-0.3, -0.25) is 0 Å². The molecule has 1 aliphatic rings. The number of anilines is 1. The first kappa shape index (κ1) is 30.4. The van der Waals surface area contributed by atoms with Gasteiger partial charge in [0.05, 0.1) is 30.7 Å². The summed E-state index contributed by atoms with van der Waals surface area (Å²) in [6.07, 6.45) is -2.44. The van der Waals surface area contributed by atoms with Crippen molar-refractivity contribution >= 4 is 37.1 Å². The molecule has 4 rings (SSSR count). The smallest absolute Gasteiger partial charge is 0.416 e. The van der Waals surface area contributed by atoms with E-state index in [4.69, 9.17) is 14.2 Å². The van der Waals surface area contributed by atoms with Gasteiger partial charge in [0.1, 0.15) is 18.1 Å². The van der Waals surface area contributed by atoms with E-state index in [9.17, 15) is 31.1 Å². The Morgan fingerprint density at radius 3 is 2.51 bits per heavy atom. The third-order valence-corrected chi connectivity index (χ3v) is 7.32. The van der Waals surface area contributed by atoms with E-state index in [1.807, 2.05) is 0 Å². The number of nitrogens with one attached hydrogen (secondary N) is 2. The third kappa shape index (κ3) is 7.21. The molecule has 1 aromatic carbocycles. The molecular formula is C26H27F6N4O4Si. The van der Waals surface area contributed by atoms with Crippen LogP contribution in [0.2, 0.25) is 19.1 Å². The van der Waals surface area contributed by atoms with E-state index in [-0.39, 0.29) is 49.0 Å². The fourth-order valence-electron chi connectivity index (χ4n) is 3.87. The summed E-state index contributed by atoms with van der Waals surface area (Å²) in [5, 5.41) is 4.26. The van der Waals surface area contributed by atoms with Crippen LogP contribution < -0.4 is 15.4 Å². The molecule has 15 heteroatoms. The Bertz CT molecular complexity index is 1420. The van der Waals surface area contributed by atoms with Crippen molar-refractivity contribution in [2.24, 2.45) is 0 Å². The summed E-state index contributed by atoms with van der Waals surface area (Å²) in [5.41, 5.74) is -3.59. The largest absolute Gasteiger partial charge is 0.450 e. The number of nitrogens with zero attached hydrogens (tertiary/aromatic N) is 2. The number of benzene rings is 1. The van der Waals surface area contributed by atoms with Gasteiger partial charge in [-0.05, 0) is 12.1 Å². The molecule has 1 fully saturated rings. The molecule has 2 aromatic heterocycles. The van der Waals surface area contributed by atoms with E-state index < -0.39 is 55.2 Å². The minimum atomic E-state index is -4.81. The molecular weight excluding hydrogens is 574 g/mol. The van der Waals surface area contributed by atoms with Crippen molar-refractivity contribution in [3.05, 3.63) is 54.4 Å². The molecule has 1 aliphatic heterocycles. The predicted molar refractivity (Wildman–Crippen MR) is 141 cm³/mol. The van der Waals surface area contributed by atoms with Crippen molar-refractivity contribution in [1.29, 1.82) is 0 Å². The lowest BCUT2D eigenvalue weighted by Crippen LogP contribution is -2.54. The van der Waals surface area contributed by atoms with E-state index >= 15 is 0 Å². The first-order chi connectivity index (χ1) is 19.3. The van der Waals surface area contributed by atoms with Gasteiger partial charge in [0.15, 0.2) is 23.1 Å².